The molecule has 3 rings (SSSR count). The van der Waals surface area contributed by atoms with Crippen LogP contribution in [0.2, 0.25) is 0 Å². The van der Waals surface area contributed by atoms with Crippen LogP contribution < -0.4 is 11.5 Å². The highest BCUT2D eigenvalue weighted by Crippen LogP contribution is 2.30. The van der Waals surface area contributed by atoms with Gasteiger partial charge in [-0.05, 0) is 18.2 Å². The van der Waals surface area contributed by atoms with Crippen molar-refractivity contribution in [3.05, 3.63) is 48.7 Å². The molecule has 0 bridgehead atoms. The van der Waals surface area contributed by atoms with Crippen LogP contribution in [0.5, 0.6) is 0 Å². The van der Waals surface area contributed by atoms with Crippen LogP contribution in [0, 0.1) is 0 Å². The molecule has 88 valence electrons. The van der Waals surface area contributed by atoms with E-state index in [4.69, 9.17) is 11.5 Å². The zero-order chi connectivity index (χ0) is 12.5. The Kier molecular flexibility index (Phi) is 2.34. The summed E-state index contributed by atoms with van der Waals surface area (Å²) in [6, 6.07) is 13.5. The second kappa shape index (κ2) is 4.00. The van der Waals surface area contributed by atoms with Gasteiger partial charge in [-0.15, -0.1) is 0 Å². The molecule has 0 saturated carbocycles. The molecule has 0 atom stereocenters. The Balaban J connectivity index is 2.31. The Morgan fingerprint density at radius 3 is 2.50 bits per heavy atom. The molecule has 0 fully saturated rings. The molecule has 2 aromatic heterocycles. The van der Waals surface area contributed by atoms with Gasteiger partial charge in [0.15, 0.2) is 0 Å². The second-order valence-corrected chi connectivity index (χ2v) is 4.05. The predicted octanol–water partition coefficient (Wildman–Crippen LogP) is 2.46. The van der Waals surface area contributed by atoms with Crippen molar-refractivity contribution in [1.29, 1.82) is 0 Å². The van der Waals surface area contributed by atoms with Gasteiger partial charge in [-0.1, -0.05) is 24.3 Å². The van der Waals surface area contributed by atoms with Crippen molar-refractivity contribution < 1.29 is 0 Å². The number of fused-ring (bicyclic) bond motifs is 1. The molecule has 0 unspecified atom stereocenters. The minimum absolute atomic E-state index is 0.421. The average molecular weight is 236 g/mol. The van der Waals surface area contributed by atoms with Gasteiger partial charge in [0.1, 0.15) is 11.6 Å². The van der Waals surface area contributed by atoms with Crippen molar-refractivity contribution in [2.75, 3.05) is 11.5 Å². The summed E-state index contributed by atoms with van der Waals surface area (Å²) in [5, 5.41) is 1.08. The van der Waals surface area contributed by atoms with Crippen molar-refractivity contribution >= 4 is 22.5 Å². The number of hydrogen-bond acceptors (Lipinski definition) is 4. The summed E-state index contributed by atoms with van der Waals surface area (Å²) in [5.41, 5.74) is 14.3. The first-order valence-corrected chi connectivity index (χ1v) is 5.62. The lowest BCUT2D eigenvalue weighted by molar-refractivity contribution is 1.34. The molecule has 18 heavy (non-hydrogen) atoms. The molecule has 0 aliphatic heterocycles. The van der Waals surface area contributed by atoms with Crippen LogP contribution in [-0.2, 0) is 0 Å². The monoisotopic (exact) mass is 236 g/mol. The fourth-order valence-electron chi connectivity index (χ4n) is 2.04. The van der Waals surface area contributed by atoms with E-state index < -0.39 is 0 Å². The number of para-hydroxylation sites is 1. The lowest BCUT2D eigenvalue weighted by Gasteiger charge is -2.08. The standard InChI is InChI=1S/C14H12N4/c15-12-7-6-11(14(16)18-12)10-5-1-3-9-4-2-8-17-13(9)10/h1-8H,(H4,15,16,18). The summed E-state index contributed by atoms with van der Waals surface area (Å²) in [6.45, 7) is 0. The van der Waals surface area contributed by atoms with Gasteiger partial charge in [0.25, 0.3) is 0 Å². The number of aromatic nitrogens is 2. The van der Waals surface area contributed by atoms with Gasteiger partial charge >= 0.3 is 0 Å². The number of benzene rings is 1. The van der Waals surface area contributed by atoms with E-state index in [1.54, 1.807) is 12.3 Å². The number of hydrogen-bond donors (Lipinski definition) is 2. The van der Waals surface area contributed by atoms with Gasteiger partial charge in [0, 0.05) is 22.7 Å². The molecule has 4 N–H and O–H groups in total. The van der Waals surface area contributed by atoms with Gasteiger partial charge in [-0.2, -0.15) is 0 Å². The van der Waals surface area contributed by atoms with E-state index in [0.717, 1.165) is 22.0 Å². The fourth-order valence-corrected chi connectivity index (χ4v) is 2.04. The number of anilines is 2. The summed E-state index contributed by atoms with van der Waals surface area (Å²) in [7, 11) is 0. The zero-order valence-electron chi connectivity index (χ0n) is 9.67. The van der Waals surface area contributed by atoms with Crippen molar-refractivity contribution in [3.63, 3.8) is 0 Å². The van der Waals surface area contributed by atoms with E-state index in [1.165, 1.54) is 0 Å². The molecule has 3 aromatic rings. The summed E-state index contributed by atoms with van der Waals surface area (Å²) < 4.78 is 0. The minimum Gasteiger partial charge on any atom is -0.384 e. The Hall–Kier alpha value is -2.62. The number of nitrogens with two attached hydrogens (primary N) is 2. The van der Waals surface area contributed by atoms with Crippen LogP contribution in [0.25, 0.3) is 22.0 Å². The molecule has 0 aliphatic carbocycles. The average Bonchev–Trinajstić information content (AvgIpc) is 2.38. The number of pyridine rings is 2. The SMILES string of the molecule is Nc1ccc(-c2cccc3cccnc23)c(N)n1. The van der Waals surface area contributed by atoms with Crippen molar-refractivity contribution in [3.8, 4) is 11.1 Å². The number of rotatable bonds is 1. The highest BCUT2D eigenvalue weighted by atomic mass is 14.9. The van der Waals surface area contributed by atoms with Gasteiger partial charge in [0.05, 0.1) is 5.52 Å². The quantitative estimate of drug-likeness (QED) is 0.680. The number of nitrogen functional groups attached to an aromatic ring is 2. The second-order valence-electron chi connectivity index (χ2n) is 4.05. The van der Waals surface area contributed by atoms with E-state index in [2.05, 4.69) is 9.97 Å². The maximum atomic E-state index is 5.93. The molecule has 0 aliphatic rings. The van der Waals surface area contributed by atoms with Crippen molar-refractivity contribution in [2.24, 2.45) is 0 Å². The third kappa shape index (κ3) is 1.64. The molecule has 0 saturated heterocycles. The maximum Gasteiger partial charge on any atom is 0.133 e. The van der Waals surface area contributed by atoms with Gasteiger partial charge in [0.2, 0.25) is 0 Å². The summed E-state index contributed by atoms with van der Waals surface area (Å²) in [6.07, 6.45) is 1.77. The predicted molar refractivity (Wildman–Crippen MR) is 73.8 cm³/mol. The van der Waals surface area contributed by atoms with Crippen LogP contribution in [-0.4, -0.2) is 9.97 Å². The minimum atomic E-state index is 0.421. The molecule has 4 heteroatoms. The summed E-state index contributed by atoms with van der Waals surface area (Å²) in [5.74, 6) is 0.845. The molecule has 0 spiro atoms. The Morgan fingerprint density at radius 2 is 1.67 bits per heavy atom. The first-order valence-electron chi connectivity index (χ1n) is 5.62. The topological polar surface area (TPSA) is 77.8 Å². The molecular weight excluding hydrogens is 224 g/mol. The lowest BCUT2D eigenvalue weighted by atomic mass is 10.0. The van der Waals surface area contributed by atoms with E-state index >= 15 is 0 Å². The van der Waals surface area contributed by atoms with Gasteiger partial charge < -0.3 is 11.5 Å². The van der Waals surface area contributed by atoms with E-state index in [9.17, 15) is 0 Å². The Morgan fingerprint density at radius 1 is 0.833 bits per heavy atom. The third-order valence-corrected chi connectivity index (χ3v) is 2.87. The smallest absolute Gasteiger partial charge is 0.133 e. The molecule has 0 amide bonds. The first-order chi connectivity index (χ1) is 8.75. The number of nitrogens with zero attached hydrogens (tertiary/aromatic N) is 2. The van der Waals surface area contributed by atoms with Crippen LogP contribution in [0.1, 0.15) is 0 Å². The summed E-state index contributed by atoms with van der Waals surface area (Å²) in [4.78, 5) is 8.49. The molecule has 0 radical (unpaired) electrons. The highest BCUT2D eigenvalue weighted by molar-refractivity contribution is 5.96. The Labute approximate surface area is 104 Å². The van der Waals surface area contributed by atoms with Crippen LogP contribution in [0.3, 0.4) is 0 Å². The first kappa shape index (κ1) is 10.5. The highest BCUT2D eigenvalue weighted by Gasteiger charge is 2.08. The fraction of sp³-hybridized carbons (Fsp3) is 0. The van der Waals surface area contributed by atoms with Crippen LogP contribution in [0.15, 0.2) is 48.7 Å². The maximum absolute atomic E-state index is 5.93. The summed E-state index contributed by atoms with van der Waals surface area (Å²) >= 11 is 0. The third-order valence-electron chi connectivity index (χ3n) is 2.87. The van der Waals surface area contributed by atoms with E-state index in [1.807, 2.05) is 36.4 Å². The van der Waals surface area contributed by atoms with Gasteiger partial charge in [-0.25, -0.2) is 4.98 Å². The van der Waals surface area contributed by atoms with Crippen LogP contribution >= 0.6 is 0 Å². The molecule has 4 nitrogen and oxygen atoms in total. The van der Waals surface area contributed by atoms with Crippen molar-refractivity contribution in [1.82, 2.24) is 9.97 Å². The Bertz CT molecular complexity index is 717. The largest absolute Gasteiger partial charge is 0.384 e. The van der Waals surface area contributed by atoms with Crippen LogP contribution in [0.4, 0.5) is 11.6 Å². The molecule has 2 heterocycles. The zero-order valence-corrected chi connectivity index (χ0v) is 9.67. The molecular formula is C14H12N4. The lowest BCUT2D eigenvalue weighted by Crippen LogP contribution is -1.98. The van der Waals surface area contributed by atoms with E-state index in [0.29, 0.717) is 11.6 Å². The van der Waals surface area contributed by atoms with Crippen molar-refractivity contribution in [2.45, 2.75) is 0 Å². The van der Waals surface area contributed by atoms with E-state index in [-0.39, 0.29) is 0 Å². The molecule has 1 aromatic carbocycles. The normalized spacial score (nSPS) is 10.7. The van der Waals surface area contributed by atoms with Gasteiger partial charge in [-0.3, -0.25) is 4.98 Å².